The van der Waals surface area contributed by atoms with Crippen LogP contribution in [0, 0.1) is 6.92 Å². The Bertz CT molecular complexity index is 1630. The monoisotopic (exact) mass is 548 g/mol. The average molecular weight is 549 g/mol. The van der Waals surface area contributed by atoms with E-state index in [2.05, 4.69) is 10.2 Å². The van der Waals surface area contributed by atoms with E-state index in [0.29, 0.717) is 25.8 Å². The number of nitrogens with zero attached hydrogens (tertiary/aromatic N) is 4. The summed E-state index contributed by atoms with van der Waals surface area (Å²) >= 11 is 9.23. The Morgan fingerprint density at radius 3 is 2.70 bits per heavy atom. The van der Waals surface area contributed by atoms with Gasteiger partial charge in [-0.1, -0.05) is 77.2 Å². The van der Waals surface area contributed by atoms with Crippen molar-refractivity contribution in [3.8, 4) is 22.8 Å². The van der Waals surface area contributed by atoms with Crippen LogP contribution in [0.5, 0.6) is 11.5 Å². The molecule has 0 atom stereocenters. The van der Waals surface area contributed by atoms with Crippen LogP contribution in [0.2, 0.25) is 5.02 Å². The fourth-order valence-electron chi connectivity index (χ4n) is 4.09. The largest absolute Gasteiger partial charge is 0.454 e. The van der Waals surface area contributed by atoms with Gasteiger partial charge in [0.1, 0.15) is 4.88 Å². The first kappa shape index (κ1) is 23.8. The molecule has 0 saturated heterocycles. The molecule has 3 heterocycles. The fraction of sp³-hybridized carbons (Fsp3) is 0.148. The summed E-state index contributed by atoms with van der Waals surface area (Å²) in [6.07, 6.45) is 0. The van der Waals surface area contributed by atoms with Gasteiger partial charge in [-0.2, -0.15) is 0 Å². The number of anilines is 1. The zero-order chi connectivity index (χ0) is 25.5. The number of aromatic nitrogens is 3. The van der Waals surface area contributed by atoms with Crippen LogP contribution in [0.25, 0.3) is 16.2 Å². The van der Waals surface area contributed by atoms with Gasteiger partial charge in [0, 0.05) is 29.1 Å². The molecule has 1 aliphatic rings. The molecule has 0 spiro atoms. The van der Waals surface area contributed by atoms with E-state index in [0.717, 1.165) is 39.6 Å². The SMILES string of the molecule is Cc1ccc(N(C)C(=O)c2sc3nnc(SCc4ccc5c(c4)OCO5)n3c2-c2ccccc2)cc1Cl. The van der Waals surface area contributed by atoms with Crippen molar-refractivity contribution in [1.29, 1.82) is 0 Å². The van der Waals surface area contributed by atoms with Crippen LogP contribution in [0.4, 0.5) is 5.69 Å². The Labute approximate surface area is 226 Å². The number of benzene rings is 3. The van der Waals surface area contributed by atoms with Crippen molar-refractivity contribution in [1.82, 2.24) is 14.6 Å². The number of carbonyl (C=O) groups is 1. The number of amides is 1. The summed E-state index contributed by atoms with van der Waals surface area (Å²) in [5.41, 5.74) is 4.45. The topological polar surface area (TPSA) is 69.0 Å². The Hall–Kier alpha value is -3.53. The minimum atomic E-state index is -0.138. The number of hydrogen-bond donors (Lipinski definition) is 0. The summed E-state index contributed by atoms with van der Waals surface area (Å²) in [6, 6.07) is 21.4. The zero-order valence-corrected chi connectivity index (χ0v) is 22.4. The highest BCUT2D eigenvalue weighted by molar-refractivity contribution is 7.98. The smallest absolute Gasteiger partial charge is 0.270 e. The molecule has 0 radical (unpaired) electrons. The number of thiazole rings is 1. The van der Waals surface area contributed by atoms with Gasteiger partial charge in [-0.15, -0.1) is 10.2 Å². The number of halogens is 1. The molecule has 37 heavy (non-hydrogen) atoms. The van der Waals surface area contributed by atoms with E-state index in [-0.39, 0.29) is 12.7 Å². The van der Waals surface area contributed by atoms with Crippen molar-refractivity contribution in [3.63, 3.8) is 0 Å². The molecule has 2 aromatic heterocycles. The first-order valence-corrected chi connectivity index (χ1v) is 13.7. The lowest BCUT2D eigenvalue weighted by Crippen LogP contribution is -2.26. The second-order valence-electron chi connectivity index (χ2n) is 8.52. The van der Waals surface area contributed by atoms with E-state index in [1.165, 1.54) is 11.3 Å². The van der Waals surface area contributed by atoms with Crippen LogP contribution in [0.1, 0.15) is 20.8 Å². The molecule has 0 unspecified atom stereocenters. The third kappa shape index (κ3) is 4.43. The lowest BCUT2D eigenvalue weighted by Gasteiger charge is -2.18. The van der Waals surface area contributed by atoms with Crippen LogP contribution < -0.4 is 14.4 Å². The maximum atomic E-state index is 13.8. The molecule has 0 fully saturated rings. The first-order chi connectivity index (χ1) is 18.0. The summed E-state index contributed by atoms with van der Waals surface area (Å²) in [5, 5.41) is 10.2. The van der Waals surface area contributed by atoms with E-state index in [1.54, 1.807) is 23.7 Å². The highest BCUT2D eigenvalue weighted by atomic mass is 35.5. The predicted octanol–water partition coefficient (Wildman–Crippen LogP) is 6.72. The highest BCUT2D eigenvalue weighted by Gasteiger charge is 2.27. The Balaban J connectivity index is 1.38. The van der Waals surface area contributed by atoms with Crippen LogP contribution in [-0.2, 0) is 5.75 Å². The molecule has 10 heteroatoms. The molecule has 1 amide bonds. The van der Waals surface area contributed by atoms with E-state index < -0.39 is 0 Å². The minimum absolute atomic E-state index is 0.138. The van der Waals surface area contributed by atoms with Gasteiger partial charge in [-0.05, 0) is 42.3 Å². The second-order valence-corrected chi connectivity index (χ2v) is 10.8. The van der Waals surface area contributed by atoms with Crippen molar-refractivity contribution in [2.24, 2.45) is 0 Å². The summed E-state index contributed by atoms with van der Waals surface area (Å²) < 4.78 is 12.9. The van der Waals surface area contributed by atoms with Gasteiger partial charge in [0.25, 0.3) is 5.91 Å². The second kappa shape index (κ2) is 9.74. The van der Waals surface area contributed by atoms with Crippen molar-refractivity contribution < 1.29 is 14.3 Å². The van der Waals surface area contributed by atoms with Crippen LogP contribution in [0.3, 0.4) is 0 Å². The summed E-state index contributed by atoms with van der Waals surface area (Å²) in [4.78, 5) is 16.7. The Morgan fingerprint density at radius 2 is 1.89 bits per heavy atom. The van der Waals surface area contributed by atoms with E-state index in [9.17, 15) is 4.79 Å². The minimum Gasteiger partial charge on any atom is -0.454 e. The van der Waals surface area contributed by atoms with E-state index >= 15 is 0 Å². The quantitative estimate of drug-likeness (QED) is 0.219. The van der Waals surface area contributed by atoms with Crippen LogP contribution in [-0.4, -0.2) is 34.3 Å². The molecule has 3 aromatic carbocycles. The molecule has 0 bridgehead atoms. The van der Waals surface area contributed by atoms with Gasteiger partial charge < -0.3 is 14.4 Å². The normalized spacial score (nSPS) is 12.3. The van der Waals surface area contributed by atoms with E-state index in [1.807, 2.05) is 78.1 Å². The van der Waals surface area contributed by atoms with Gasteiger partial charge in [-0.25, -0.2) is 0 Å². The fourth-order valence-corrected chi connectivity index (χ4v) is 6.27. The summed E-state index contributed by atoms with van der Waals surface area (Å²) in [7, 11) is 1.76. The van der Waals surface area contributed by atoms with Crippen molar-refractivity contribution in [2.75, 3.05) is 18.7 Å². The molecular weight excluding hydrogens is 528 g/mol. The summed E-state index contributed by atoms with van der Waals surface area (Å²) in [6.45, 7) is 2.18. The molecule has 0 N–H and O–H groups in total. The van der Waals surface area contributed by atoms with Gasteiger partial charge in [-0.3, -0.25) is 9.20 Å². The molecule has 0 saturated carbocycles. The number of hydrogen-bond acceptors (Lipinski definition) is 7. The molecular formula is C27H21ClN4O3S2. The predicted molar refractivity (Wildman–Crippen MR) is 147 cm³/mol. The van der Waals surface area contributed by atoms with Crippen molar-refractivity contribution >= 4 is 51.3 Å². The number of fused-ring (bicyclic) bond motifs is 2. The number of carbonyl (C=O) groups excluding carboxylic acids is 1. The van der Waals surface area contributed by atoms with Crippen molar-refractivity contribution in [3.05, 3.63) is 87.8 Å². The molecule has 6 rings (SSSR count). The Morgan fingerprint density at radius 1 is 1.08 bits per heavy atom. The van der Waals surface area contributed by atoms with Crippen molar-refractivity contribution in [2.45, 2.75) is 17.8 Å². The van der Waals surface area contributed by atoms with E-state index in [4.69, 9.17) is 21.1 Å². The lowest BCUT2D eigenvalue weighted by atomic mass is 10.1. The molecule has 5 aromatic rings. The lowest BCUT2D eigenvalue weighted by molar-refractivity contribution is 0.0997. The third-order valence-corrected chi connectivity index (χ3v) is 8.56. The maximum absolute atomic E-state index is 13.8. The van der Waals surface area contributed by atoms with Gasteiger partial charge in [0.15, 0.2) is 16.7 Å². The molecule has 186 valence electrons. The van der Waals surface area contributed by atoms with Gasteiger partial charge in [0.2, 0.25) is 11.8 Å². The maximum Gasteiger partial charge on any atom is 0.270 e. The number of rotatable bonds is 6. The average Bonchev–Trinajstić information content (AvgIpc) is 3.64. The van der Waals surface area contributed by atoms with Gasteiger partial charge in [0.05, 0.1) is 5.69 Å². The molecule has 0 aliphatic carbocycles. The molecule has 1 aliphatic heterocycles. The number of aryl methyl sites for hydroxylation is 1. The highest BCUT2D eigenvalue weighted by Crippen LogP contribution is 2.38. The number of ether oxygens (including phenoxy) is 2. The number of thioether (sulfide) groups is 1. The zero-order valence-electron chi connectivity index (χ0n) is 20.0. The van der Waals surface area contributed by atoms with Gasteiger partial charge >= 0.3 is 0 Å². The van der Waals surface area contributed by atoms with Crippen LogP contribution in [0.15, 0.2) is 71.9 Å². The molecule has 7 nitrogen and oxygen atoms in total. The van der Waals surface area contributed by atoms with Crippen LogP contribution >= 0.6 is 34.7 Å². The standard InChI is InChI=1S/C27H21ClN4O3S2/c1-16-8-10-19(13-20(16)28)31(2)25(33)24-23(18-6-4-3-5-7-18)32-26(29-30-27(32)37-24)36-14-17-9-11-21-22(12-17)35-15-34-21/h3-13H,14-15H2,1-2H3. The first-order valence-electron chi connectivity index (χ1n) is 11.5. The Kier molecular flexibility index (Phi) is 6.27. The third-order valence-electron chi connectivity index (χ3n) is 6.13. The summed E-state index contributed by atoms with van der Waals surface area (Å²) in [5.74, 6) is 2.02.